The minimum atomic E-state index is -0.322. The van der Waals surface area contributed by atoms with Crippen molar-refractivity contribution in [2.75, 3.05) is 13.1 Å². The van der Waals surface area contributed by atoms with Gasteiger partial charge in [-0.15, -0.1) is 0 Å². The molecule has 1 amide bonds. The molecule has 2 heterocycles. The van der Waals surface area contributed by atoms with Crippen LogP contribution in [0.15, 0.2) is 15.9 Å². The van der Waals surface area contributed by atoms with Gasteiger partial charge in [0.25, 0.3) is 5.56 Å². The predicted molar refractivity (Wildman–Crippen MR) is 166 cm³/mol. The zero-order chi connectivity index (χ0) is 30.0. The summed E-state index contributed by atoms with van der Waals surface area (Å²) in [5.41, 5.74) is 0.268. The molecule has 232 valence electrons. The average molecular weight is 574 g/mol. The molecule has 2 aromatic heterocycles. The SMILES string of the molecule is CCCCCCCCCCCCN(CC(=O)CCCCCCCCCn1c(=O)c2c(ncn2C)n(C)c1=O)C(C)=O. The number of carbonyl (C=O) groups is 2. The number of ketones is 1. The topological polar surface area (TPSA) is 99.2 Å². The molecule has 0 unspecified atom stereocenters. The molecule has 0 N–H and O–H groups in total. The molecule has 41 heavy (non-hydrogen) atoms. The fraction of sp³-hybridized carbons (Fsp3) is 0.781. The van der Waals surface area contributed by atoms with Gasteiger partial charge in [0, 0.05) is 40.5 Å². The summed E-state index contributed by atoms with van der Waals surface area (Å²) in [4.78, 5) is 55.7. The molecule has 0 aromatic carbocycles. The Kier molecular flexibility index (Phi) is 16.3. The van der Waals surface area contributed by atoms with Crippen LogP contribution in [0.4, 0.5) is 0 Å². The van der Waals surface area contributed by atoms with Crippen molar-refractivity contribution in [2.45, 2.75) is 136 Å². The van der Waals surface area contributed by atoms with Gasteiger partial charge in [0.2, 0.25) is 5.91 Å². The van der Waals surface area contributed by atoms with Crippen LogP contribution in [0.1, 0.15) is 129 Å². The van der Waals surface area contributed by atoms with E-state index in [1.165, 1.54) is 60.5 Å². The summed E-state index contributed by atoms with van der Waals surface area (Å²) in [6.07, 6.45) is 21.4. The minimum Gasteiger partial charge on any atom is -0.336 e. The van der Waals surface area contributed by atoms with Gasteiger partial charge in [-0.1, -0.05) is 96.8 Å². The van der Waals surface area contributed by atoms with E-state index in [-0.39, 0.29) is 29.5 Å². The Morgan fingerprint density at radius 3 is 1.90 bits per heavy atom. The number of aryl methyl sites for hydroxylation is 2. The molecule has 0 saturated heterocycles. The van der Waals surface area contributed by atoms with Crippen LogP contribution in [-0.4, -0.2) is 48.4 Å². The van der Waals surface area contributed by atoms with Crippen LogP contribution < -0.4 is 11.2 Å². The maximum absolute atomic E-state index is 12.8. The Bertz CT molecular complexity index is 1180. The molecule has 0 saturated carbocycles. The lowest BCUT2D eigenvalue weighted by Gasteiger charge is -2.20. The van der Waals surface area contributed by atoms with E-state index in [0.29, 0.717) is 30.7 Å². The number of carbonyl (C=O) groups excluding carboxylic acids is 2. The Balaban J connectivity index is 1.52. The van der Waals surface area contributed by atoms with E-state index in [1.807, 2.05) is 0 Å². The summed E-state index contributed by atoms with van der Waals surface area (Å²) >= 11 is 0. The first-order valence-corrected chi connectivity index (χ1v) is 16.2. The molecule has 2 rings (SSSR count). The van der Waals surface area contributed by atoms with Crippen LogP contribution in [0.3, 0.4) is 0 Å². The van der Waals surface area contributed by atoms with E-state index in [9.17, 15) is 19.2 Å². The summed E-state index contributed by atoms with van der Waals surface area (Å²) in [7, 11) is 3.41. The van der Waals surface area contributed by atoms with Crippen molar-refractivity contribution < 1.29 is 9.59 Å². The lowest BCUT2D eigenvalue weighted by Crippen LogP contribution is -2.39. The number of hydrogen-bond acceptors (Lipinski definition) is 5. The Morgan fingerprint density at radius 1 is 0.780 bits per heavy atom. The van der Waals surface area contributed by atoms with Gasteiger partial charge in [-0.3, -0.25) is 23.5 Å². The molecule has 0 aliphatic heterocycles. The molecule has 0 atom stereocenters. The standard InChI is InChI=1S/C32H55N5O4/c1-5-6-7-8-9-10-11-14-17-20-23-36(27(2)38)25-28(39)22-19-16-13-12-15-18-21-24-37-31(40)29-30(33-26-34(29)3)35(4)32(37)41/h26H,5-25H2,1-4H3. The van der Waals surface area contributed by atoms with Gasteiger partial charge < -0.3 is 9.47 Å². The third-order valence-electron chi connectivity index (χ3n) is 8.13. The zero-order valence-electron chi connectivity index (χ0n) is 26.3. The van der Waals surface area contributed by atoms with Crippen molar-refractivity contribution >= 4 is 22.9 Å². The molecule has 0 aliphatic carbocycles. The fourth-order valence-corrected chi connectivity index (χ4v) is 5.50. The lowest BCUT2D eigenvalue weighted by atomic mass is 10.1. The summed E-state index contributed by atoms with van der Waals surface area (Å²) in [5, 5.41) is 0. The van der Waals surface area contributed by atoms with Crippen molar-refractivity contribution in [3.63, 3.8) is 0 Å². The van der Waals surface area contributed by atoms with E-state index >= 15 is 0 Å². The Morgan fingerprint density at radius 2 is 1.32 bits per heavy atom. The molecule has 0 bridgehead atoms. The molecule has 9 nitrogen and oxygen atoms in total. The third-order valence-corrected chi connectivity index (χ3v) is 8.13. The highest BCUT2D eigenvalue weighted by molar-refractivity contribution is 5.85. The highest BCUT2D eigenvalue weighted by atomic mass is 16.2. The summed E-state index contributed by atoms with van der Waals surface area (Å²) in [6.45, 7) is 5.15. The van der Waals surface area contributed by atoms with Crippen molar-refractivity contribution in [1.82, 2.24) is 23.6 Å². The number of unbranched alkanes of at least 4 members (excludes halogenated alkanes) is 15. The predicted octanol–water partition coefficient (Wildman–Crippen LogP) is 5.89. The second-order valence-electron chi connectivity index (χ2n) is 11.7. The Hall–Kier alpha value is -2.71. The molecule has 0 radical (unpaired) electrons. The van der Waals surface area contributed by atoms with Gasteiger partial charge in [0.05, 0.1) is 12.9 Å². The van der Waals surface area contributed by atoms with Gasteiger partial charge >= 0.3 is 5.69 Å². The van der Waals surface area contributed by atoms with Crippen molar-refractivity contribution in [3.05, 3.63) is 27.2 Å². The van der Waals surface area contributed by atoms with E-state index < -0.39 is 0 Å². The zero-order valence-corrected chi connectivity index (χ0v) is 26.3. The highest BCUT2D eigenvalue weighted by Gasteiger charge is 2.15. The first-order chi connectivity index (χ1) is 19.8. The van der Waals surface area contributed by atoms with Gasteiger partial charge in [0.1, 0.15) is 0 Å². The number of fused-ring (bicyclic) bond motifs is 1. The average Bonchev–Trinajstić information content (AvgIpc) is 3.34. The molecule has 0 aliphatic rings. The van der Waals surface area contributed by atoms with Gasteiger partial charge in [-0.2, -0.15) is 0 Å². The van der Waals surface area contributed by atoms with Crippen LogP contribution in [0.5, 0.6) is 0 Å². The second-order valence-corrected chi connectivity index (χ2v) is 11.7. The first kappa shape index (κ1) is 34.5. The smallest absolute Gasteiger partial charge is 0.332 e. The van der Waals surface area contributed by atoms with Crippen LogP contribution in [0.2, 0.25) is 0 Å². The van der Waals surface area contributed by atoms with Crippen LogP contribution in [0.25, 0.3) is 11.2 Å². The molecule has 0 fully saturated rings. The molecule has 0 spiro atoms. The lowest BCUT2D eigenvalue weighted by molar-refractivity contribution is -0.133. The van der Waals surface area contributed by atoms with Crippen molar-refractivity contribution in [3.8, 4) is 0 Å². The van der Waals surface area contributed by atoms with E-state index in [0.717, 1.165) is 57.8 Å². The molecular weight excluding hydrogens is 518 g/mol. The van der Waals surface area contributed by atoms with Gasteiger partial charge in [0.15, 0.2) is 16.9 Å². The summed E-state index contributed by atoms with van der Waals surface area (Å²) < 4.78 is 4.41. The highest BCUT2D eigenvalue weighted by Crippen LogP contribution is 2.12. The fourth-order valence-electron chi connectivity index (χ4n) is 5.50. The number of aromatic nitrogens is 4. The van der Waals surface area contributed by atoms with E-state index in [2.05, 4.69) is 11.9 Å². The molecular formula is C32H55N5O4. The number of rotatable bonds is 23. The molecule has 2 aromatic rings. The van der Waals surface area contributed by atoms with Gasteiger partial charge in [-0.25, -0.2) is 9.78 Å². The third kappa shape index (κ3) is 12.0. The molecule has 9 heteroatoms. The number of hydrogen-bond donors (Lipinski definition) is 0. The largest absolute Gasteiger partial charge is 0.336 e. The normalized spacial score (nSPS) is 11.4. The van der Waals surface area contributed by atoms with Crippen LogP contribution in [-0.2, 0) is 30.2 Å². The van der Waals surface area contributed by atoms with E-state index in [1.54, 1.807) is 36.8 Å². The van der Waals surface area contributed by atoms with Gasteiger partial charge in [-0.05, 0) is 19.3 Å². The first-order valence-electron chi connectivity index (χ1n) is 16.2. The summed E-state index contributed by atoms with van der Waals surface area (Å²) in [5.74, 6) is 0.152. The quantitative estimate of drug-likeness (QED) is 0.154. The maximum Gasteiger partial charge on any atom is 0.332 e. The number of imidazole rings is 1. The van der Waals surface area contributed by atoms with Crippen LogP contribution >= 0.6 is 0 Å². The summed E-state index contributed by atoms with van der Waals surface area (Å²) in [6, 6.07) is 0. The number of amides is 1. The second kappa shape index (κ2) is 19.4. The number of nitrogens with zero attached hydrogens (tertiary/aromatic N) is 5. The monoisotopic (exact) mass is 573 g/mol. The minimum absolute atomic E-state index is 0.00497. The van der Waals surface area contributed by atoms with Crippen LogP contribution in [0, 0.1) is 0 Å². The van der Waals surface area contributed by atoms with Crippen molar-refractivity contribution in [1.29, 1.82) is 0 Å². The van der Waals surface area contributed by atoms with Crippen molar-refractivity contribution in [2.24, 2.45) is 14.1 Å². The van der Waals surface area contributed by atoms with E-state index in [4.69, 9.17) is 0 Å². The maximum atomic E-state index is 12.8. The Labute approximate surface area is 246 Å². The number of Topliss-reactive ketones (excluding diaryl/α,β-unsaturated/α-hetero) is 1.